The molecule has 0 radical (unpaired) electrons. The molecule has 2 N–H and O–H groups in total. The van der Waals surface area contributed by atoms with Crippen LogP contribution in [0, 0.1) is 5.82 Å². The first-order chi connectivity index (χ1) is 9.95. The summed E-state index contributed by atoms with van der Waals surface area (Å²) in [5.74, 6) is 0.180. The SMILES string of the molecule is CCCNC(C)c1ccc(OCC(O)(CC)CC)cc1F. The third-order valence-electron chi connectivity index (χ3n) is 3.96. The number of hydrogen-bond acceptors (Lipinski definition) is 3. The van der Waals surface area contributed by atoms with Gasteiger partial charge in [0.2, 0.25) is 0 Å². The fraction of sp³-hybridized carbons (Fsp3) is 0.647. The van der Waals surface area contributed by atoms with Crippen LogP contribution in [-0.4, -0.2) is 23.9 Å². The van der Waals surface area contributed by atoms with Gasteiger partial charge in [0.05, 0.1) is 5.60 Å². The van der Waals surface area contributed by atoms with E-state index < -0.39 is 5.60 Å². The van der Waals surface area contributed by atoms with Crippen molar-refractivity contribution >= 4 is 0 Å². The van der Waals surface area contributed by atoms with Gasteiger partial charge in [0, 0.05) is 17.7 Å². The Bertz CT molecular complexity index is 433. The third-order valence-corrected chi connectivity index (χ3v) is 3.96. The first-order valence-electron chi connectivity index (χ1n) is 7.83. The maximum absolute atomic E-state index is 14.1. The molecule has 0 aliphatic carbocycles. The fourth-order valence-electron chi connectivity index (χ4n) is 2.09. The van der Waals surface area contributed by atoms with Crippen LogP contribution in [0.5, 0.6) is 5.75 Å². The van der Waals surface area contributed by atoms with Gasteiger partial charge in [-0.3, -0.25) is 0 Å². The highest BCUT2D eigenvalue weighted by molar-refractivity contribution is 5.30. The maximum Gasteiger partial charge on any atom is 0.131 e. The average molecular weight is 297 g/mol. The van der Waals surface area contributed by atoms with Crippen LogP contribution in [0.15, 0.2) is 18.2 Å². The van der Waals surface area contributed by atoms with Crippen LogP contribution in [0.25, 0.3) is 0 Å². The molecule has 120 valence electrons. The summed E-state index contributed by atoms with van der Waals surface area (Å²) in [4.78, 5) is 0. The number of hydrogen-bond donors (Lipinski definition) is 2. The Balaban J connectivity index is 2.69. The second kappa shape index (κ2) is 8.35. The minimum atomic E-state index is -0.842. The third kappa shape index (κ3) is 5.29. The molecule has 0 aliphatic heterocycles. The summed E-state index contributed by atoms with van der Waals surface area (Å²) >= 11 is 0. The number of halogens is 1. The summed E-state index contributed by atoms with van der Waals surface area (Å²) in [7, 11) is 0. The van der Waals surface area contributed by atoms with E-state index in [0.717, 1.165) is 13.0 Å². The zero-order valence-corrected chi connectivity index (χ0v) is 13.6. The Labute approximate surface area is 127 Å². The summed E-state index contributed by atoms with van der Waals surface area (Å²) < 4.78 is 19.7. The van der Waals surface area contributed by atoms with Crippen LogP contribution in [0.4, 0.5) is 4.39 Å². The average Bonchev–Trinajstić information content (AvgIpc) is 2.50. The second-order valence-corrected chi connectivity index (χ2v) is 5.58. The van der Waals surface area contributed by atoms with Crippen molar-refractivity contribution < 1.29 is 14.2 Å². The molecular formula is C17H28FNO2. The number of ether oxygens (including phenoxy) is 1. The Kier molecular flexibility index (Phi) is 7.12. The van der Waals surface area contributed by atoms with Gasteiger partial charge in [0.25, 0.3) is 0 Å². The van der Waals surface area contributed by atoms with Crippen molar-refractivity contribution in [1.29, 1.82) is 0 Å². The summed E-state index contributed by atoms with van der Waals surface area (Å²) in [6, 6.07) is 4.87. The van der Waals surface area contributed by atoms with E-state index in [4.69, 9.17) is 4.74 Å². The Morgan fingerprint density at radius 3 is 2.48 bits per heavy atom. The normalized spacial score (nSPS) is 13.2. The standard InChI is InChI=1S/C17H28FNO2/c1-5-10-19-13(4)15-9-8-14(11-16(15)18)21-12-17(20,6-2)7-3/h8-9,11,13,19-20H,5-7,10,12H2,1-4H3. The molecule has 0 aliphatic rings. The van der Waals surface area contributed by atoms with E-state index in [1.165, 1.54) is 6.07 Å². The summed E-state index contributed by atoms with van der Waals surface area (Å²) in [5, 5.41) is 13.4. The molecule has 1 unspecified atom stereocenters. The quantitative estimate of drug-likeness (QED) is 0.728. The zero-order valence-electron chi connectivity index (χ0n) is 13.6. The van der Waals surface area contributed by atoms with Crippen molar-refractivity contribution in [1.82, 2.24) is 5.32 Å². The zero-order chi connectivity index (χ0) is 15.9. The monoisotopic (exact) mass is 297 g/mol. The molecule has 1 rings (SSSR count). The largest absolute Gasteiger partial charge is 0.490 e. The van der Waals surface area contributed by atoms with Crippen molar-refractivity contribution in [3.05, 3.63) is 29.6 Å². The van der Waals surface area contributed by atoms with E-state index >= 15 is 0 Å². The minimum Gasteiger partial charge on any atom is -0.490 e. The van der Waals surface area contributed by atoms with Gasteiger partial charge in [-0.1, -0.05) is 26.8 Å². The smallest absolute Gasteiger partial charge is 0.131 e. The molecule has 21 heavy (non-hydrogen) atoms. The lowest BCUT2D eigenvalue weighted by Crippen LogP contribution is -2.34. The lowest BCUT2D eigenvalue weighted by atomic mass is 9.99. The molecule has 3 nitrogen and oxygen atoms in total. The van der Waals surface area contributed by atoms with Crippen molar-refractivity contribution in [2.24, 2.45) is 0 Å². The molecule has 0 aromatic heterocycles. The number of nitrogens with one attached hydrogen (secondary N) is 1. The Morgan fingerprint density at radius 2 is 1.95 bits per heavy atom. The number of rotatable bonds is 9. The van der Waals surface area contributed by atoms with Gasteiger partial charge in [0.1, 0.15) is 18.2 Å². The maximum atomic E-state index is 14.1. The van der Waals surface area contributed by atoms with E-state index in [2.05, 4.69) is 12.2 Å². The molecule has 0 spiro atoms. The topological polar surface area (TPSA) is 41.5 Å². The van der Waals surface area contributed by atoms with Crippen LogP contribution in [-0.2, 0) is 0 Å². The van der Waals surface area contributed by atoms with Gasteiger partial charge in [-0.15, -0.1) is 0 Å². The highest BCUT2D eigenvalue weighted by Gasteiger charge is 2.23. The predicted octanol–water partition coefficient (Wildman–Crippen LogP) is 3.82. The Hall–Kier alpha value is -1.13. The molecule has 1 aromatic carbocycles. The summed E-state index contributed by atoms with van der Waals surface area (Å²) in [6.45, 7) is 8.90. The van der Waals surface area contributed by atoms with Crippen molar-refractivity contribution in [3.63, 3.8) is 0 Å². The molecule has 1 atom stereocenters. The molecule has 0 fully saturated rings. The lowest BCUT2D eigenvalue weighted by molar-refractivity contribution is -0.0114. The Morgan fingerprint density at radius 1 is 1.29 bits per heavy atom. The van der Waals surface area contributed by atoms with Gasteiger partial charge in [0.15, 0.2) is 0 Å². The predicted molar refractivity (Wildman–Crippen MR) is 84.1 cm³/mol. The number of benzene rings is 1. The second-order valence-electron chi connectivity index (χ2n) is 5.58. The highest BCUT2D eigenvalue weighted by Crippen LogP contribution is 2.23. The van der Waals surface area contributed by atoms with Gasteiger partial charge in [-0.05, 0) is 38.8 Å². The lowest BCUT2D eigenvalue weighted by Gasteiger charge is -2.25. The van der Waals surface area contributed by atoms with E-state index in [1.54, 1.807) is 12.1 Å². The van der Waals surface area contributed by atoms with E-state index in [0.29, 0.717) is 24.2 Å². The van der Waals surface area contributed by atoms with E-state index in [1.807, 2.05) is 20.8 Å². The number of aliphatic hydroxyl groups is 1. The first-order valence-corrected chi connectivity index (χ1v) is 7.83. The van der Waals surface area contributed by atoms with Crippen molar-refractivity contribution in [2.45, 2.75) is 58.6 Å². The first kappa shape index (κ1) is 17.9. The van der Waals surface area contributed by atoms with Crippen LogP contribution < -0.4 is 10.1 Å². The van der Waals surface area contributed by atoms with Crippen LogP contribution in [0.2, 0.25) is 0 Å². The summed E-state index contributed by atoms with van der Waals surface area (Å²) in [6.07, 6.45) is 2.24. The van der Waals surface area contributed by atoms with Gasteiger partial charge in [-0.2, -0.15) is 0 Å². The van der Waals surface area contributed by atoms with Gasteiger partial charge < -0.3 is 15.2 Å². The van der Waals surface area contributed by atoms with Crippen molar-refractivity contribution in [3.8, 4) is 5.75 Å². The summed E-state index contributed by atoms with van der Waals surface area (Å²) in [5.41, 5.74) is -0.206. The van der Waals surface area contributed by atoms with Crippen LogP contribution in [0.1, 0.15) is 58.6 Å². The fourth-order valence-corrected chi connectivity index (χ4v) is 2.09. The minimum absolute atomic E-state index is 0.0257. The van der Waals surface area contributed by atoms with Gasteiger partial charge in [-0.25, -0.2) is 4.39 Å². The molecular weight excluding hydrogens is 269 g/mol. The van der Waals surface area contributed by atoms with Crippen molar-refractivity contribution in [2.75, 3.05) is 13.2 Å². The van der Waals surface area contributed by atoms with Crippen LogP contribution >= 0.6 is 0 Å². The molecule has 0 bridgehead atoms. The van der Waals surface area contributed by atoms with E-state index in [-0.39, 0.29) is 18.5 Å². The molecule has 0 heterocycles. The molecule has 0 amide bonds. The van der Waals surface area contributed by atoms with Gasteiger partial charge >= 0.3 is 0 Å². The highest BCUT2D eigenvalue weighted by atomic mass is 19.1. The van der Waals surface area contributed by atoms with E-state index in [9.17, 15) is 9.50 Å². The molecule has 0 saturated carbocycles. The molecule has 0 saturated heterocycles. The van der Waals surface area contributed by atoms with Crippen LogP contribution in [0.3, 0.4) is 0 Å². The molecule has 4 heteroatoms. The molecule has 1 aromatic rings.